The van der Waals surface area contributed by atoms with Crippen molar-refractivity contribution in [3.63, 3.8) is 0 Å². The van der Waals surface area contributed by atoms with Crippen molar-refractivity contribution in [1.29, 1.82) is 0 Å². The van der Waals surface area contributed by atoms with Gasteiger partial charge in [-0.3, -0.25) is 9.59 Å². The van der Waals surface area contributed by atoms with E-state index in [0.29, 0.717) is 6.42 Å². The SMILES string of the molecule is CNC(=O)Cc1ccc2c(c1)C=CC2=O. The van der Waals surface area contributed by atoms with Crippen LogP contribution in [-0.4, -0.2) is 18.7 Å². The van der Waals surface area contributed by atoms with E-state index in [0.717, 1.165) is 16.7 Å². The third-order valence-electron chi connectivity index (χ3n) is 2.44. The molecule has 0 heterocycles. The summed E-state index contributed by atoms with van der Waals surface area (Å²) in [5.74, 6) is 0.0137. The Bertz CT molecular complexity index is 461. The molecule has 0 aliphatic heterocycles. The second-order valence-corrected chi connectivity index (χ2v) is 3.47. The lowest BCUT2D eigenvalue weighted by molar-refractivity contribution is -0.119. The number of amides is 1. The third-order valence-corrected chi connectivity index (χ3v) is 2.44. The van der Waals surface area contributed by atoms with Crippen molar-refractivity contribution < 1.29 is 9.59 Å². The van der Waals surface area contributed by atoms with Crippen LogP contribution in [0.15, 0.2) is 24.3 Å². The van der Waals surface area contributed by atoms with Gasteiger partial charge < -0.3 is 5.32 Å². The van der Waals surface area contributed by atoms with Gasteiger partial charge in [0.05, 0.1) is 6.42 Å². The fraction of sp³-hybridized carbons (Fsp3) is 0.167. The lowest BCUT2D eigenvalue weighted by Gasteiger charge is -2.03. The Morgan fingerprint density at radius 1 is 1.33 bits per heavy atom. The number of carbonyl (C=O) groups excluding carboxylic acids is 2. The lowest BCUT2D eigenvalue weighted by Crippen LogP contribution is -2.19. The summed E-state index contributed by atoms with van der Waals surface area (Å²) in [6.45, 7) is 0. The summed E-state index contributed by atoms with van der Waals surface area (Å²) in [5.41, 5.74) is 2.55. The van der Waals surface area contributed by atoms with Crippen molar-refractivity contribution in [2.75, 3.05) is 7.05 Å². The van der Waals surface area contributed by atoms with E-state index in [4.69, 9.17) is 0 Å². The van der Waals surface area contributed by atoms with Gasteiger partial charge in [-0.2, -0.15) is 0 Å². The number of hydrogen-bond acceptors (Lipinski definition) is 2. The van der Waals surface area contributed by atoms with Crippen LogP contribution < -0.4 is 5.32 Å². The van der Waals surface area contributed by atoms with Gasteiger partial charge in [0.25, 0.3) is 0 Å². The van der Waals surface area contributed by atoms with Crippen molar-refractivity contribution in [2.45, 2.75) is 6.42 Å². The van der Waals surface area contributed by atoms with E-state index in [1.54, 1.807) is 25.3 Å². The molecule has 3 nitrogen and oxygen atoms in total. The molecule has 0 bridgehead atoms. The number of allylic oxidation sites excluding steroid dienone is 1. The number of benzene rings is 1. The highest BCUT2D eigenvalue weighted by Gasteiger charge is 2.13. The molecule has 0 saturated heterocycles. The highest BCUT2D eigenvalue weighted by atomic mass is 16.1. The van der Waals surface area contributed by atoms with Gasteiger partial charge in [0.2, 0.25) is 5.91 Å². The van der Waals surface area contributed by atoms with E-state index in [-0.39, 0.29) is 11.7 Å². The first kappa shape index (κ1) is 9.65. The molecule has 1 aliphatic carbocycles. The Morgan fingerprint density at radius 2 is 2.13 bits per heavy atom. The van der Waals surface area contributed by atoms with Gasteiger partial charge in [-0.05, 0) is 17.2 Å². The summed E-state index contributed by atoms with van der Waals surface area (Å²) >= 11 is 0. The van der Waals surface area contributed by atoms with Gasteiger partial charge in [0, 0.05) is 12.6 Å². The number of likely N-dealkylation sites (N-methyl/N-ethyl adjacent to an activating group) is 1. The molecule has 1 aliphatic rings. The van der Waals surface area contributed by atoms with Crippen LogP contribution in [-0.2, 0) is 11.2 Å². The molecule has 76 valence electrons. The average Bonchev–Trinajstić information content (AvgIpc) is 2.60. The minimum Gasteiger partial charge on any atom is -0.359 e. The Kier molecular flexibility index (Phi) is 2.37. The molecule has 1 N–H and O–H groups in total. The molecular weight excluding hydrogens is 190 g/mol. The first-order valence-electron chi connectivity index (χ1n) is 4.76. The first-order chi connectivity index (χ1) is 7.20. The number of fused-ring (bicyclic) bond motifs is 1. The normalized spacial score (nSPS) is 12.7. The molecule has 15 heavy (non-hydrogen) atoms. The maximum Gasteiger partial charge on any atom is 0.224 e. The molecule has 1 aromatic carbocycles. The standard InChI is InChI=1S/C12H11NO2/c1-13-12(15)7-8-2-4-10-9(6-8)3-5-11(10)14/h2-6H,7H2,1H3,(H,13,15). The van der Waals surface area contributed by atoms with Gasteiger partial charge in [-0.15, -0.1) is 0 Å². The fourth-order valence-electron chi connectivity index (χ4n) is 1.61. The van der Waals surface area contributed by atoms with Crippen molar-refractivity contribution in [3.8, 4) is 0 Å². The Morgan fingerprint density at radius 3 is 2.87 bits per heavy atom. The van der Waals surface area contributed by atoms with E-state index < -0.39 is 0 Å². The molecule has 0 unspecified atom stereocenters. The first-order valence-corrected chi connectivity index (χ1v) is 4.76. The lowest BCUT2D eigenvalue weighted by atomic mass is 10.0. The molecule has 1 amide bonds. The minimum absolute atomic E-state index is 0.0248. The van der Waals surface area contributed by atoms with Crippen LogP contribution in [0.5, 0.6) is 0 Å². The highest BCUT2D eigenvalue weighted by molar-refractivity contribution is 6.13. The van der Waals surface area contributed by atoms with Crippen LogP contribution in [0.3, 0.4) is 0 Å². The molecule has 0 fully saturated rings. The smallest absolute Gasteiger partial charge is 0.224 e. The number of carbonyl (C=O) groups is 2. The maximum atomic E-state index is 11.3. The summed E-state index contributed by atoms with van der Waals surface area (Å²) in [4.78, 5) is 22.4. The topological polar surface area (TPSA) is 46.2 Å². The second kappa shape index (κ2) is 3.69. The third kappa shape index (κ3) is 1.81. The fourth-order valence-corrected chi connectivity index (χ4v) is 1.61. The summed E-state index contributed by atoms with van der Waals surface area (Å²) in [5, 5.41) is 2.57. The van der Waals surface area contributed by atoms with Crippen LogP contribution in [0.2, 0.25) is 0 Å². The molecule has 0 saturated carbocycles. The summed E-state index contributed by atoms with van der Waals surface area (Å²) in [6.07, 6.45) is 3.69. The quantitative estimate of drug-likeness (QED) is 0.781. The molecule has 3 heteroatoms. The van der Waals surface area contributed by atoms with Gasteiger partial charge in [-0.25, -0.2) is 0 Å². The van der Waals surface area contributed by atoms with Crippen molar-refractivity contribution in [1.82, 2.24) is 5.32 Å². The minimum atomic E-state index is -0.0248. The average molecular weight is 201 g/mol. The zero-order chi connectivity index (χ0) is 10.8. The van der Waals surface area contributed by atoms with E-state index >= 15 is 0 Å². The predicted octanol–water partition coefficient (Wildman–Crippen LogP) is 1.18. The highest BCUT2D eigenvalue weighted by Crippen LogP contribution is 2.20. The van der Waals surface area contributed by atoms with Crippen LogP contribution >= 0.6 is 0 Å². The van der Waals surface area contributed by atoms with Gasteiger partial charge >= 0.3 is 0 Å². The predicted molar refractivity (Wildman–Crippen MR) is 57.6 cm³/mol. The Hall–Kier alpha value is -1.90. The largest absolute Gasteiger partial charge is 0.359 e. The summed E-state index contributed by atoms with van der Waals surface area (Å²) in [6, 6.07) is 5.47. The van der Waals surface area contributed by atoms with Gasteiger partial charge in [-0.1, -0.05) is 24.3 Å². The molecular formula is C12H11NO2. The van der Waals surface area contributed by atoms with Crippen LogP contribution in [0.4, 0.5) is 0 Å². The van der Waals surface area contributed by atoms with Crippen LogP contribution in [0.1, 0.15) is 21.5 Å². The van der Waals surface area contributed by atoms with Crippen molar-refractivity contribution in [2.24, 2.45) is 0 Å². The second-order valence-electron chi connectivity index (χ2n) is 3.47. The number of rotatable bonds is 2. The monoisotopic (exact) mass is 201 g/mol. The van der Waals surface area contributed by atoms with Crippen molar-refractivity contribution in [3.05, 3.63) is 41.0 Å². The van der Waals surface area contributed by atoms with E-state index in [1.165, 1.54) is 0 Å². The zero-order valence-electron chi connectivity index (χ0n) is 8.41. The number of hydrogen-bond donors (Lipinski definition) is 1. The van der Waals surface area contributed by atoms with Crippen LogP contribution in [0.25, 0.3) is 6.08 Å². The van der Waals surface area contributed by atoms with Gasteiger partial charge in [0.1, 0.15) is 0 Å². The Balaban J connectivity index is 2.27. The van der Waals surface area contributed by atoms with E-state index in [1.807, 2.05) is 12.1 Å². The van der Waals surface area contributed by atoms with Crippen molar-refractivity contribution >= 4 is 17.8 Å². The molecule has 0 atom stereocenters. The zero-order valence-corrected chi connectivity index (χ0v) is 8.41. The molecule has 0 spiro atoms. The van der Waals surface area contributed by atoms with Crippen LogP contribution in [0, 0.1) is 0 Å². The summed E-state index contributed by atoms with van der Waals surface area (Å²) in [7, 11) is 1.61. The summed E-state index contributed by atoms with van der Waals surface area (Å²) < 4.78 is 0. The molecule has 1 aromatic rings. The van der Waals surface area contributed by atoms with E-state index in [9.17, 15) is 9.59 Å². The number of ketones is 1. The maximum absolute atomic E-state index is 11.3. The van der Waals surface area contributed by atoms with E-state index in [2.05, 4.69) is 5.32 Å². The molecule has 0 radical (unpaired) electrons. The molecule has 0 aromatic heterocycles. The molecule has 2 rings (SSSR count). The number of nitrogens with one attached hydrogen (secondary N) is 1. The van der Waals surface area contributed by atoms with Gasteiger partial charge in [0.15, 0.2) is 5.78 Å². The Labute approximate surface area is 87.8 Å².